The highest BCUT2D eigenvalue weighted by Crippen LogP contribution is 2.17. The maximum Gasteiger partial charge on any atom is 0.189 e. The Kier molecular flexibility index (Phi) is 3.26. The molecule has 0 aromatic heterocycles. The van der Waals surface area contributed by atoms with Gasteiger partial charge in [0, 0.05) is 0 Å². The number of rotatable bonds is 4. The van der Waals surface area contributed by atoms with Gasteiger partial charge in [-0.25, -0.2) is 0 Å². The summed E-state index contributed by atoms with van der Waals surface area (Å²) in [6.45, 7) is 4.23. The first-order valence-electron chi connectivity index (χ1n) is 3.77. The van der Waals surface area contributed by atoms with Crippen molar-refractivity contribution in [3.8, 4) is 0 Å². The zero-order chi connectivity index (χ0) is 8.16. The summed E-state index contributed by atoms with van der Waals surface area (Å²) in [6, 6.07) is 0. The zero-order valence-corrected chi connectivity index (χ0v) is 7.05. The first-order valence-corrected chi connectivity index (χ1v) is 3.77. The van der Waals surface area contributed by atoms with Crippen molar-refractivity contribution < 1.29 is 14.2 Å². The summed E-state index contributed by atoms with van der Waals surface area (Å²) in [5.41, 5.74) is 0. The molecule has 0 atom stereocenters. The minimum atomic E-state index is -0.517. The second kappa shape index (κ2) is 4.01. The largest absolute Gasteiger partial charge is 0.361 e. The van der Waals surface area contributed by atoms with Crippen LogP contribution in [-0.4, -0.2) is 39.4 Å². The molecule has 1 fully saturated rings. The van der Waals surface area contributed by atoms with Gasteiger partial charge in [-0.05, 0) is 14.0 Å². The monoisotopic (exact) mass is 161 g/mol. The molecular formula is C7H15NO3. The third kappa shape index (κ3) is 2.75. The first-order chi connectivity index (χ1) is 5.27. The standard InChI is InChI=1S/C7H15NO3/c1-7(5-9-6-8-2)10-3-4-11-7/h8H,3-6H2,1-2H3. The second-order valence-electron chi connectivity index (χ2n) is 2.68. The molecule has 0 amide bonds. The van der Waals surface area contributed by atoms with E-state index < -0.39 is 5.79 Å². The SMILES string of the molecule is CNCOCC1(C)OCCO1. The van der Waals surface area contributed by atoms with Crippen molar-refractivity contribution in [3.63, 3.8) is 0 Å². The molecule has 0 unspecified atom stereocenters. The van der Waals surface area contributed by atoms with Gasteiger partial charge in [0.1, 0.15) is 6.61 Å². The van der Waals surface area contributed by atoms with Crippen LogP contribution in [0.3, 0.4) is 0 Å². The molecule has 1 N–H and O–H groups in total. The molecule has 0 spiro atoms. The highest BCUT2D eigenvalue weighted by Gasteiger charge is 2.30. The molecule has 11 heavy (non-hydrogen) atoms. The summed E-state index contributed by atoms with van der Waals surface area (Å²) in [5.74, 6) is -0.517. The van der Waals surface area contributed by atoms with E-state index in [4.69, 9.17) is 14.2 Å². The van der Waals surface area contributed by atoms with Gasteiger partial charge in [-0.2, -0.15) is 0 Å². The summed E-state index contributed by atoms with van der Waals surface area (Å²) >= 11 is 0. The van der Waals surface area contributed by atoms with Gasteiger partial charge in [-0.15, -0.1) is 0 Å². The second-order valence-corrected chi connectivity index (χ2v) is 2.68. The molecular weight excluding hydrogens is 146 g/mol. The molecule has 1 aliphatic heterocycles. The van der Waals surface area contributed by atoms with Crippen LogP contribution in [0.25, 0.3) is 0 Å². The Balaban J connectivity index is 2.13. The van der Waals surface area contributed by atoms with Gasteiger partial charge in [-0.3, -0.25) is 5.32 Å². The van der Waals surface area contributed by atoms with Crippen molar-refractivity contribution in [2.45, 2.75) is 12.7 Å². The normalized spacial score (nSPS) is 22.4. The Morgan fingerprint density at radius 2 is 2.09 bits per heavy atom. The number of nitrogens with one attached hydrogen (secondary N) is 1. The van der Waals surface area contributed by atoms with Crippen LogP contribution in [0.5, 0.6) is 0 Å². The van der Waals surface area contributed by atoms with E-state index in [-0.39, 0.29) is 0 Å². The van der Waals surface area contributed by atoms with Crippen LogP contribution in [0.4, 0.5) is 0 Å². The molecule has 1 rings (SSSR count). The van der Waals surface area contributed by atoms with Crippen LogP contribution in [0.1, 0.15) is 6.92 Å². The van der Waals surface area contributed by atoms with E-state index in [1.807, 2.05) is 14.0 Å². The van der Waals surface area contributed by atoms with Crippen LogP contribution in [0.2, 0.25) is 0 Å². The summed E-state index contributed by atoms with van der Waals surface area (Å²) in [4.78, 5) is 0. The van der Waals surface area contributed by atoms with Gasteiger partial charge in [0.25, 0.3) is 0 Å². The summed E-state index contributed by atoms with van der Waals surface area (Å²) < 4.78 is 15.8. The molecule has 4 heteroatoms. The van der Waals surface area contributed by atoms with Crippen molar-refractivity contribution in [2.24, 2.45) is 0 Å². The lowest BCUT2D eigenvalue weighted by molar-refractivity contribution is -0.181. The molecule has 1 saturated heterocycles. The highest BCUT2D eigenvalue weighted by atomic mass is 16.7. The molecule has 0 aromatic carbocycles. The molecule has 0 saturated carbocycles. The number of hydrogen-bond donors (Lipinski definition) is 1. The molecule has 0 aliphatic carbocycles. The summed E-state index contributed by atoms with van der Waals surface area (Å²) in [7, 11) is 1.83. The van der Waals surface area contributed by atoms with E-state index in [2.05, 4.69) is 5.32 Å². The van der Waals surface area contributed by atoms with E-state index in [0.717, 1.165) is 0 Å². The Labute approximate surface area is 66.8 Å². The third-order valence-electron chi connectivity index (χ3n) is 1.51. The average molecular weight is 161 g/mol. The van der Waals surface area contributed by atoms with Crippen LogP contribution >= 0.6 is 0 Å². The topological polar surface area (TPSA) is 39.7 Å². The van der Waals surface area contributed by atoms with Crippen LogP contribution in [0, 0.1) is 0 Å². The fourth-order valence-electron chi connectivity index (χ4n) is 0.979. The first kappa shape index (κ1) is 8.93. The number of ether oxygens (including phenoxy) is 3. The lowest BCUT2D eigenvalue weighted by Crippen LogP contribution is -2.33. The van der Waals surface area contributed by atoms with Gasteiger partial charge in [0.2, 0.25) is 0 Å². The lowest BCUT2D eigenvalue weighted by Gasteiger charge is -2.21. The molecule has 0 radical (unpaired) electrons. The van der Waals surface area contributed by atoms with E-state index >= 15 is 0 Å². The van der Waals surface area contributed by atoms with Crippen molar-refractivity contribution >= 4 is 0 Å². The van der Waals surface area contributed by atoms with E-state index in [9.17, 15) is 0 Å². The van der Waals surface area contributed by atoms with Crippen LogP contribution < -0.4 is 5.32 Å². The fraction of sp³-hybridized carbons (Fsp3) is 1.00. The zero-order valence-electron chi connectivity index (χ0n) is 7.05. The van der Waals surface area contributed by atoms with Crippen molar-refractivity contribution in [2.75, 3.05) is 33.6 Å². The van der Waals surface area contributed by atoms with E-state index in [1.54, 1.807) is 0 Å². The van der Waals surface area contributed by atoms with Gasteiger partial charge in [-0.1, -0.05) is 0 Å². The molecule has 66 valence electrons. The smallest absolute Gasteiger partial charge is 0.189 e. The van der Waals surface area contributed by atoms with Crippen LogP contribution in [-0.2, 0) is 14.2 Å². The quantitative estimate of drug-likeness (QED) is 0.463. The third-order valence-corrected chi connectivity index (χ3v) is 1.51. The predicted molar refractivity (Wildman–Crippen MR) is 40.2 cm³/mol. The molecule has 0 bridgehead atoms. The molecule has 1 aliphatic rings. The van der Waals surface area contributed by atoms with E-state index in [1.165, 1.54) is 0 Å². The molecule has 1 heterocycles. The fourth-order valence-corrected chi connectivity index (χ4v) is 0.979. The molecule has 0 aromatic rings. The maximum absolute atomic E-state index is 5.31. The summed E-state index contributed by atoms with van der Waals surface area (Å²) in [5, 5.41) is 2.88. The lowest BCUT2D eigenvalue weighted by atomic mass is 10.3. The predicted octanol–water partition coefficient (Wildman–Crippen LogP) is -0.0571. The number of hydrogen-bond acceptors (Lipinski definition) is 4. The Morgan fingerprint density at radius 1 is 1.45 bits per heavy atom. The Morgan fingerprint density at radius 3 is 2.64 bits per heavy atom. The van der Waals surface area contributed by atoms with E-state index in [0.29, 0.717) is 26.6 Å². The maximum atomic E-state index is 5.31. The van der Waals surface area contributed by atoms with Crippen molar-refractivity contribution in [1.29, 1.82) is 0 Å². The Bertz CT molecular complexity index is 112. The highest BCUT2D eigenvalue weighted by molar-refractivity contribution is 4.66. The van der Waals surface area contributed by atoms with Crippen molar-refractivity contribution in [1.82, 2.24) is 5.32 Å². The summed E-state index contributed by atoms with van der Waals surface area (Å²) in [6.07, 6.45) is 0. The minimum Gasteiger partial charge on any atom is -0.361 e. The van der Waals surface area contributed by atoms with Crippen molar-refractivity contribution in [3.05, 3.63) is 0 Å². The minimum absolute atomic E-state index is 0.480. The molecule has 4 nitrogen and oxygen atoms in total. The van der Waals surface area contributed by atoms with Gasteiger partial charge in [0.05, 0.1) is 19.9 Å². The van der Waals surface area contributed by atoms with Gasteiger partial charge in [0.15, 0.2) is 5.79 Å². The van der Waals surface area contributed by atoms with Gasteiger partial charge < -0.3 is 14.2 Å². The Hall–Kier alpha value is -0.160. The van der Waals surface area contributed by atoms with Crippen LogP contribution in [0.15, 0.2) is 0 Å². The average Bonchev–Trinajstić information content (AvgIpc) is 2.38. The van der Waals surface area contributed by atoms with Gasteiger partial charge >= 0.3 is 0 Å².